The average Bonchev–Trinajstić information content (AvgIpc) is 3.21. The topological polar surface area (TPSA) is 64.6 Å². The van der Waals surface area contributed by atoms with E-state index in [0.29, 0.717) is 24.5 Å². The minimum atomic E-state index is -0.357. The number of hydrogen-bond donors (Lipinski definition) is 1. The number of carbonyl (C=O) groups excluding carboxylic acids is 2. The van der Waals surface area contributed by atoms with Crippen molar-refractivity contribution in [2.75, 3.05) is 18.5 Å². The molecule has 6 rings (SSSR count). The monoisotopic (exact) mass is 383 g/mol. The van der Waals surface area contributed by atoms with Crippen molar-refractivity contribution in [3.63, 3.8) is 0 Å². The molecule has 4 bridgehead atoms. The minimum absolute atomic E-state index is 0.116. The van der Waals surface area contributed by atoms with Gasteiger partial charge >= 0.3 is 5.97 Å². The van der Waals surface area contributed by atoms with Crippen LogP contribution in [0.1, 0.15) is 61.7 Å². The van der Waals surface area contributed by atoms with E-state index in [1.165, 1.54) is 38.5 Å². The molecule has 4 aliphatic carbocycles. The van der Waals surface area contributed by atoms with E-state index in [4.69, 9.17) is 9.47 Å². The van der Waals surface area contributed by atoms with Gasteiger partial charge in [-0.2, -0.15) is 0 Å². The fourth-order valence-electron chi connectivity index (χ4n) is 6.47. The molecule has 0 aromatic heterocycles. The lowest BCUT2D eigenvalue weighted by atomic mass is 9.50. The summed E-state index contributed by atoms with van der Waals surface area (Å²) in [6.45, 7) is 1.21. The largest absolute Gasteiger partial charge is 0.462 e. The fourth-order valence-corrected chi connectivity index (χ4v) is 6.47. The van der Waals surface area contributed by atoms with Gasteiger partial charge < -0.3 is 14.8 Å². The van der Waals surface area contributed by atoms with Gasteiger partial charge in [-0.05, 0) is 93.4 Å². The van der Waals surface area contributed by atoms with Crippen LogP contribution < -0.4 is 5.32 Å². The molecule has 1 atom stereocenters. The molecule has 1 aromatic carbocycles. The molecule has 0 spiro atoms. The normalized spacial score (nSPS) is 35.7. The number of nitrogens with one attached hydrogen (secondary N) is 1. The summed E-state index contributed by atoms with van der Waals surface area (Å²) < 4.78 is 11.2. The summed E-state index contributed by atoms with van der Waals surface area (Å²) in [7, 11) is 0. The number of anilines is 1. The maximum Gasteiger partial charge on any atom is 0.338 e. The van der Waals surface area contributed by atoms with Crippen LogP contribution in [0, 0.1) is 23.2 Å². The molecule has 5 aliphatic rings. The van der Waals surface area contributed by atoms with Crippen molar-refractivity contribution >= 4 is 17.6 Å². The van der Waals surface area contributed by atoms with E-state index < -0.39 is 0 Å². The smallest absolute Gasteiger partial charge is 0.338 e. The highest BCUT2D eigenvalue weighted by Crippen LogP contribution is 2.60. The number of amides is 1. The van der Waals surface area contributed by atoms with Gasteiger partial charge in [0.25, 0.3) is 5.91 Å². The van der Waals surface area contributed by atoms with E-state index in [0.717, 1.165) is 30.6 Å². The summed E-state index contributed by atoms with van der Waals surface area (Å²) in [5.74, 6) is 2.20. The Morgan fingerprint density at radius 3 is 2.25 bits per heavy atom. The molecule has 1 saturated heterocycles. The van der Waals surface area contributed by atoms with Gasteiger partial charge in [-0.3, -0.25) is 4.79 Å². The van der Waals surface area contributed by atoms with Gasteiger partial charge in [0.2, 0.25) is 0 Å². The van der Waals surface area contributed by atoms with Crippen molar-refractivity contribution in [3.8, 4) is 0 Å². The fraction of sp³-hybridized carbons (Fsp3) is 0.652. The van der Waals surface area contributed by atoms with E-state index in [-0.39, 0.29) is 23.4 Å². The van der Waals surface area contributed by atoms with Crippen LogP contribution >= 0.6 is 0 Å². The summed E-state index contributed by atoms with van der Waals surface area (Å²) in [6, 6.07) is 6.97. The number of rotatable bonds is 5. The molecule has 1 aliphatic heterocycles. The molecule has 5 heteroatoms. The van der Waals surface area contributed by atoms with Crippen molar-refractivity contribution in [1.29, 1.82) is 0 Å². The lowest BCUT2D eigenvalue weighted by Gasteiger charge is -2.56. The maximum atomic E-state index is 12.6. The van der Waals surface area contributed by atoms with Crippen LogP contribution in [-0.4, -0.2) is 31.2 Å². The van der Waals surface area contributed by atoms with Crippen LogP contribution in [0.4, 0.5) is 5.69 Å². The van der Waals surface area contributed by atoms with Crippen molar-refractivity contribution in [3.05, 3.63) is 29.8 Å². The summed E-state index contributed by atoms with van der Waals surface area (Å²) in [5.41, 5.74) is 1.46. The number of ether oxygens (including phenoxy) is 2. The van der Waals surface area contributed by atoms with Gasteiger partial charge in [0.1, 0.15) is 6.10 Å². The molecular weight excluding hydrogens is 354 g/mol. The molecule has 28 heavy (non-hydrogen) atoms. The van der Waals surface area contributed by atoms with E-state index in [9.17, 15) is 9.59 Å². The molecule has 4 saturated carbocycles. The highest BCUT2D eigenvalue weighted by atomic mass is 16.5. The average molecular weight is 383 g/mol. The molecule has 1 N–H and O–H groups in total. The van der Waals surface area contributed by atoms with Crippen LogP contribution in [0.2, 0.25) is 0 Å². The number of hydrogen-bond acceptors (Lipinski definition) is 4. The van der Waals surface area contributed by atoms with Crippen LogP contribution in [-0.2, 0) is 14.3 Å². The summed E-state index contributed by atoms with van der Waals surface area (Å²) in [4.78, 5) is 24.7. The standard InChI is InChI=1S/C23H29NO4/c25-21(20-2-1-7-27-20)24-19-5-3-18(4-6-19)22(26)28-14-23-11-15-8-16(12-23)10-17(9-15)13-23/h3-6,15-17,20H,1-2,7-14H2,(H,24,25)/t15?,16?,17?,20-,23?/m0/s1. The van der Waals surface area contributed by atoms with Crippen molar-refractivity contribution in [2.24, 2.45) is 23.2 Å². The second kappa shape index (κ2) is 7.18. The van der Waals surface area contributed by atoms with Gasteiger partial charge in [-0.15, -0.1) is 0 Å². The second-order valence-electron chi connectivity index (χ2n) is 9.56. The summed E-state index contributed by atoms with van der Waals surface area (Å²) in [6.07, 6.45) is 9.23. The van der Waals surface area contributed by atoms with Crippen molar-refractivity contribution < 1.29 is 19.1 Å². The lowest BCUT2D eigenvalue weighted by Crippen LogP contribution is -2.48. The van der Waals surface area contributed by atoms with Crippen LogP contribution in [0.3, 0.4) is 0 Å². The molecule has 1 amide bonds. The van der Waals surface area contributed by atoms with Gasteiger partial charge in [-0.25, -0.2) is 4.79 Å². The molecule has 1 aromatic rings. The highest BCUT2D eigenvalue weighted by molar-refractivity contribution is 5.95. The van der Waals surface area contributed by atoms with E-state index in [1.807, 2.05) is 0 Å². The van der Waals surface area contributed by atoms with Gasteiger partial charge in [-0.1, -0.05) is 0 Å². The van der Waals surface area contributed by atoms with Crippen LogP contribution in [0.15, 0.2) is 24.3 Å². The minimum Gasteiger partial charge on any atom is -0.462 e. The lowest BCUT2D eigenvalue weighted by molar-refractivity contribution is -0.124. The zero-order valence-electron chi connectivity index (χ0n) is 16.3. The predicted octanol–water partition coefficient (Wildman–Crippen LogP) is 4.18. The first kappa shape index (κ1) is 18.2. The molecule has 150 valence electrons. The third kappa shape index (κ3) is 3.57. The second-order valence-corrected chi connectivity index (χ2v) is 9.56. The third-order valence-electron chi connectivity index (χ3n) is 7.28. The van der Waals surface area contributed by atoms with E-state index >= 15 is 0 Å². The third-order valence-corrected chi connectivity index (χ3v) is 7.28. The Labute approximate surface area is 166 Å². The Balaban J connectivity index is 1.16. The first-order valence-corrected chi connectivity index (χ1v) is 10.8. The molecule has 1 heterocycles. The molecule has 0 radical (unpaired) electrons. The van der Waals surface area contributed by atoms with Gasteiger partial charge in [0.15, 0.2) is 0 Å². The van der Waals surface area contributed by atoms with Crippen molar-refractivity contribution in [1.82, 2.24) is 0 Å². The first-order valence-electron chi connectivity index (χ1n) is 10.8. The Morgan fingerprint density at radius 2 is 1.68 bits per heavy atom. The van der Waals surface area contributed by atoms with Gasteiger partial charge in [0.05, 0.1) is 12.2 Å². The Kier molecular flexibility index (Phi) is 4.66. The Morgan fingerprint density at radius 1 is 1.04 bits per heavy atom. The number of carbonyl (C=O) groups is 2. The zero-order valence-corrected chi connectivity index (χ0v) is 16.3. The van der Waals surface area contributed by atoms with Gasteiger partial charge in [0, 0.05) is 17.7 Å². The number of esters is 1. The predicted molar refractivity (Wildman–Crippen MR) is 105 cm³/mol. The highest BCUT2D eigenvalue weighted by Gasteiger charge is 2.51. The molecule has 0 unspecified atom stereocenters. The van der Waals surface area contributed by atoms with Crippen molar-refractivity contribution in [2.45, 2.75) is 57.5 Å². The summed E-state index contributed by atoms with van der Waals surface area (Å²) in [5, 5.41) is 2.85. The molecular formula is C23H29NO4. The zero-order chi connectivity index (χ0) is 19.1. The summed E-state index contributed by atoms with van der Waals surface area (Å²) >= 11 is 0. The first-order chi connectivity index (χ1) is 13.6. The molecule has 5 nitrogen and oxygen atoms in total. The maximum absolute atomic E-state index is 12.6. The van der Waals surface area contributed by atoms with E-state index in [2.05, 4.69) is 5.32 Å². The molecule has 5 fully saturated rings. The Bertz CT molecular complexity index is 715. The SMILES string of the molecule is O=C(OCC12CC3CC(CC(C3)C1)C2)c1ccc(NC(=O)[C@@H]2CCCO2)cc1. The quantitative estimate of drug-likeness (QED) is 0.775. The van der Waals surface area contributed by atoms with E-state index in [1.54, 1.807) is 24.3 Å². The van der Waals surface area contributed by atoms with Crippen LogP contribution in [0.5, 0.6) is 0 Å². The van der Waals surface area contributed by atoms with Crippen LogP contribution in [0.25, 0.3) is 0 Å². The Hall–Kier alpha value is -1.88. The number of benzene rings is 1.